The fraction of sp³-hybridized carbons (Fsp3) is 0.300. The van der Waals surface area contributed by atoms with Crippen molar-refractivity contribution in [3.63, 3.8) is 0 Å². The van der Waals surface area contributed by atoms with E-state index < -0.39 is 6.09 Å². The van der Waals surface area contributed by atoms with E-state index in [0.29, 0.717) is 18.8 Å². The molecule has 0 aromatic carbocycles. The van der Waals surface area contributed by atoms with E-state index in [9.17, 15) is 9.59 Å². The van der Waals surface area contributed by atoms with E-state index in [1.807, 2.05) is 0 Å². The topological polar surface area (TPSA) is 80.3 Å². The van der Waals surface area contributed by atoms with Gasteiger partial charge in [0.1, 0.15) is 5.69 Å². The third kappa shape index (κ3) is 3.95. The van der Waals surface area contributed by atoms with Crippen molar-refractivity contribution in [3.05, 3.63) is 30.1 Å². The Morgan fingerprint density at radius 3 is 2.69 bits per heavy atom. The highest BCUT2D eigenvalue weighted by atomic mass is 16.5. The molecule has 6 nitrogen and oxygen atoms in total. The molecule has 0 radical (unpaired) electrons. The monoisotopic (exact) mass is 223 g/mol. The van der Waals surface area contributed by atoms with Gasteiger partial charge in [-0.3, -0.25) is 9.78 Å². The minimum atomic E-state index is -0.521. The lowest BCUT2D eigenvalue weighted by Gasteiger charge is -2.05. The Morgan fingerprint density at radius 2 is 2.06 bits per heavy atom. The van der Waals surface area contributed by atoms with Crippen molar-refractivity contribution in [2.75, 3.05) is 20.2 Å². The first-order chi connectivity index (χ1) is 7.74. The van der Waals surface area contributed by atoms with Crippen molar-refractivity contribution in [2.24, 2.45) is 0 Å². The van der Waals surface area contributed by atoms with E-state index in [4.69, 9.17) is 0 Å². The molecule has 86 valence electrons. The van der Waals surface area contributed by atoms with Crippen LogP contribution < -0.4 is 10.6 Å². The molecule has 0 aliphatic heterocycles. The van der Waals surface area contributed by atoms with Gasteiger partial charge in [0.25, 0.3) is 5.91 Å². The number of aromatic nitrogens is 1. The molecule has 0 unspecified atom stereocenters. The predicted molar refractivity (Wildman–Crippen MR) is 57.0 cm³/mol. The molecule has 2 amide bonds. The van der Waals surface area contributed by atoms with Gasteiger partial charge in [0.2, 0.25) is 0 Å². The van der Waals surface area contributed by atoms with Crippen LogP contribution >= 0.6 is 0 Å². The molecule has 0 aliphatic carbocycles. The van der Waals surface area contributed by atoms with Crippen LogP contribution in [0.3, 0.4) is 0 Å². The van der Waals surface area contributed by atoms with Crippen LogP contribution in [-0.2, 0) is 4.74 Å². The van der Waals surface area contributed by atoms with Crippen molar-refractivity contribution in [1.29, 1.82) is 0 Å². The molecule has 1 heterocycles. The number of ether oxygens (including phenoxy) is 1. The Bertz CT molecular complexity index is 354. The maximum absolute atomic E-state index is 11.4. The summed E-state index contributed by atoms with van der Waals surface area (Å²) in [6.45, 7) is 0.635. The quantitative estimate of drug-likeness (QED) is 0.713. The van der Waals surface area contributed by atoms with Gasteiger partial charge in [0, 0.05) is 19.3 Å². The predicted octanol–water partition coefficient (Wildman–Crippen LogP) is 0.167. The van der Waals surface area contributed by atoms with Gasteiger partial charge < -0.3 is 15.4 Å². The van der Waals surface area contributed by atoms with Crippen LogP contribution in [0, 0.1) is 0 Å². The number of methoxy groups -OCH3 is 1. The van der Waals surface area contributed by atoms with Crippen molar-refractivity contribution in [2.45, 2.75) is 0 Å². The number of nitrogens with zero attached hydrogens (tertiary/aromatic N) is 1. The molecule has 2 N–H and O–H groups in total. The van der Waals surface area contributed by atoms with Gasteiger partial charge in [-0.1, -0.05) is 6.07 Å². The molecular weight excluding hydrogens is 210 g/mol. The van der Waals surface area contributed by atoms with Gasteiger partial charge in [-0.05, 0) is 12.1 Å². The minimum Gasteiger partial charge on any atom is -0.453 e. The molecule has 0 spiro atoms. The first kappa shape index (κ1) is 12.0. The van der Waals surface area contributed by atoms with Gasteiger partial charge in [0.15, 0.2) is 0 Å². The smallest absolute Gasteiger partial charge is 0.406 e. The summed E-state index contributed by atoms with van der Waals surface area (Å²) >= 11 is 0. The van der Waals surface area contributed by atoms with Crippen LogP contribution in [0.5, 0.6) is 0 Å². The average molecular weight is 223 g/mol. The Labute approximate surface area is 93.0 Å². The molecule has 1 rings (SSSR count). The molecule has 16 heavy (non-hydrogen) atoms. The Balaban J connectivity index is 2.24. The number of nitrogens with one attached hydrogen (secondary N) is 2. The summed E-state index contributed by atoms with van der Waals surface area (Å²) in [5, 5.41) is 5.05. The second-order valence-corrected chi connectivity index (χ2v) is 2.89. The number of pyridine rings is 1. The number of hydrogen-bond donors (Lipinski definition) is 2. The Hall–Kier alpha value is -2.11. The minimum absolute atomic E-state index is 0.271. The van der Waals surface area contributed by atoms with Crippen LogP contribution in [-0.4, -0.2) is 37.2 Å². The number of carbonyl (C=O) groups excluding carboxylic acids is 2. The summed E-state index contributed by atoms with van der Waals surface area (Å²) in [6, 6.07) is 5.08. The first-order valence-corrected chi connectivity index (χ1v) is 4.75. The molecular formula is C10H13N3O3. The van der Waals surface area contributed by atoms with Gasteiger partial charge in [0.05, 0.1) is 7.11 Å². The maximum Gasteiger partial charge on any atom is 0.406 e. The fourth-order valence-electron chi connectivity index (χ4n) is 1.00. The zero-order chi connectivity index (χ0) is 11.8. The van der Waals surface area contributed by atoms with E-state index in [1.54, 1.807) is 24.4 Å². The zero-order valence-corrected chi connectivity index (χ0v) is 8.90. The van der Waals surface area contributed by atoms with Crippen molar-refractivity contribution >= 4 is 12.0 Å². The second-order valence-electron chi connectivity index (χ2n) is 2.89. The summed E-state index contributed by atoms with van der Waals surface area (Å²) in [6.07, 6.45) is 1.02. The van der Waals surface area contributed by atoms with Crippen LogP contribution in [0.2, 0.25) is 0 Å². The lowest BCUT2D eigenvalue weighted by molar-refractivity contribution is 0.0948. The van der Waals surface area contributed by atoms with E-state index in [1.165, 1.54) is 7.11 Å². The van der Waals surface area contributed by atoms with Gasteiger partial charge in [-0.2, -0.15) is 0 Å². The Morgan fingerprint density at radius 1 is 1.31 bits per heavy atom. The maximum atomic E-state index is 11.4. The average Bonchev–Trinajstić information content (AvgIpc) is 2.35. The normalized spacial score (nSPS) is 9.31. The first-order valence-electron chi connectivity index (χ1n) is 4.75. The van der Waals surface area contributed by atoms with E-state index in [2.05, 4.69) is 20.4 Å². The summed E-state index contributed by atoms with van der Waals surface area (Å²) in [7, 11) is 1.28. The van der Waals surface area contributed by atoms with Crippen molar-refractivity contribution < 1.29 is 14.3 Å². The number of alkyl carbamates (subject to hydrolysis) is 1. The summed E-state index contributed by atoms with van der Waals surface area (Å²) in [5.41, 5.74) is 0.348. The molecule has 1 aromatic rings. The van der Waals surface area contributed by atoms with Gasteiger partial charge in [-0.25, -0.2) is 4.79 Å². The number of hydrogen-bond acceptors (Lipinski definition) is 4. The van der Waals surface area contributed by atoms with Crippen LogP contribution in [0.4, 0.5) is 4.79 Å². The zero-order valence-electron chi connectivity index (χ0n) is 8.90. The summed E-state index contributed by atoms with van der Waals surface area (Å²) in [5.74, 6) is -0.271. The van der Waals surface area contributed by atoms with Gasteiger partial charge in [-0.15, -0.1) is 0 Å². The molecule has 0 saturated carbocycles. The second kappa shape index (κ2) is 6.39. The Kier molecular flexibility index (Phi) is 4.78. The van der Waals surface area contributed by atoms with E-state index >= 15 is 0 Å². The van der Waals surface area contributed by atoms with Crippen molar-refractivity contribution in [1.82, 2.24) is 15.6 Å². The molecule has 0 atom stereocenters. The standard InChI is InChI=1S/C10H13N3O3/c1-16-10(15)13-7-6-12-9(14)8-4-2-3-5-11-8/h2-5H,6-7H2,1H3,(H,12,14)(H,13,15). The molecule has 0 fully saturated rings. The molecule has 0 aliphatic rings. The third-order valence-corrected chi connectivity index (χ3v) is 1.76. The number of carbonyl (C=O) groups is 2. The highest BCUT2D eigenvalue weighted by molar-refractivity contribution is 5.92. The fourth-order valence-corrected chi connectivity index (χ4v) is 1.00. The number of rotatable bonds is 4. The molecule has 0 saturated heterocycles. The summed E-state index contributed by atoms with van der Waals surface area (Å²) < 4.78 is 4.37. The highest BCUT2D eigenvalue weighted by Gasteiger charge is 2.04. The highest BCUT2D eigenvalue weighted by Crippen LogP contribution is 1.91. The largest absolute Gasteiger partial charge is 0.453 e. The SMILES string of the molecule is COC(=O)NCCNC(=O)c1ccccn1. The molecule has 0 bridgehead atoms. The summed E-state index contributed by atoms with van der Waals surface area (Å²) in [4.78, 5) is 26.0. The van der Waals surface area contributed by atoms with Crippen molar-refractivity contribution in [3.8, 4) is 0 Å². The lowest BCUT2D eigenvalue weighted by atomic mass is 10.3. The van der Waals surface area contributed by atoms with Crippen LogP contribution in [0.15, 0.2) is 24.4 Å². The molecule has 6 heteroatoms. The van der Waals surface area contributed by atoms with Crippen LogP contribution in [0.1, 0.15) is 10.5 Å². The van der Waals surface area contributed by atoms with E-state index in [-0.39, 0.29) is 5.91 Å². The van der Waals surface area contributed by atoms with Gasteiger partial charge >= 0.3 is 6.09 Å². The van der Waals surface area contributed by atoms with Crippen LogP contribution in [0.25, 0.3) is 0 Å². The molecule has 1 aromatic heterocycles. The van der Waals surface area contributed by atoms with E-state index in [0.717, 1.165) is 0 Å². The number of amides is 2. The lowest BCUT2D eigenvalue weighted by Crippen LogP contribution is -2.34. The third-order valence-electron chi connectivity index (χ3n) is 1.76.